The molecule has 2 atom stereocenters. The first-order chi connectivity index (χ1) is 7.22. The third-order valence-corrected chi connectivity index (χ3v) is 2.67. The summed E-state index contributed by atoms with van der Waals surface area (Å²) in [5.74, 6) is 0.124. The second-order valence-electron chi connectivity index (χ2n) is 4.27. The smallest absolute Gasteiger partial charge is 0.221 e. The standard InChI is InChI=1S/C11H22N2O2/c1-9(8-15-2)13-11(14)7-10-5-3-4-6-12-10/h9-10,12H,3-8H2,1-2H3,(H,13,14). The average molecular weight is 214 g/mol. The Balaban J connectivity index is 2.16. The van der Waals surface area contributed by atoms with Crippen LogP contribution in [-0.2, 0) is 9.53 Å². The third-order valence-electron chi connectivity index (χ3n) is 2.67. The van der Waals surface area contributed by atoms with Gasteiger partial charge in [-0.05, 0) is 26.3 Å². The number of hydrogen-bond donors (Lipinski definition) is 2. The lowest BCUT2D eigenvalue weighted by molar-refractivity contribution is -0.122. The summed E-state index contributed by atoms with van der Waals surface area (Å²) in [7, 11) is 1.64. The Labute approximate surface area is 91.8 Å². The van der Waals surface area contributed by atoms with E-state index in [1.54, 1.807) is 7.11 Å². The highest BCUT2D eigenvalue weighted by Crippen LogP contribution is 2.09. The predicted octanol–water partition coefficient (Wildman–Crippen LogP) is 0.670. The lowest BCUT2D eigenvalue weighted by Crippen LogP contribution is -2.42. The van der Waals surface area contributed by atoms with Crippen LogP contribution in [-0.4, -0.2) is 38.3 Å². The fourth-order valence-corrected chi connectivity index (χ4v) is 1.95. The first-order valence-electron chi connectivity index (χ1n) is 5.74. The summed E-state index contributed by atoms with van der Waals surface area (Å²) in [5, 5.41) is 6.29. The van der Waals surface area contributed by atoms with Crippen molar-refractivity contribution < 1.29 is 9.53 Å². The van der Waals surface area contributed by atoms with E-state index in [4.69, 9.17) is 4.74 Å². The van der Waals surface area contributed by atoms with Crippen molar-refractivity contribution in [3.05, 3.63) is 0 Å². The molecular weight excluding hydrogens is 192 g/mol. The maximum Gasteiger partial charge on any atom is 0.221 e. The van der Waals surface area contributed by atoms with E-state index in [2.05, 4.69) is 10.6 Å². The Morgan fingerprint density at radius 2 is 2.40 bits per heavy atom. The molecule has 0 spiro atoms. The molecule has 0 bridgehead atoms. The molecule has 4 heteroatoms. The van der Waals surface area contributed by atoms with Gasteiger partial charge in [-0.3, -0.25) is 4.79 Å². The van der Waals surface area contributed by atoms with Crippen molar-refractivity contribution in [2.24, 2.45) is 0 Å². The number of hydrogen-bond acceptors (Lipinski definition) is 3. The van der Waals surface area contributed by atoms with Crippen molar-refractivity contribution in [2.75, 3.05) is 20.3 Å². The van der Waals surface area contributed by atoms with Crippen LogP contribution < -0.4 is 10.6 Å². The Bertz CT molecular complexity index is 191. The van der Waals surface area contributed by atoms with E-state index in [1.807, 2.05) is 6.92 Å². The lowest BCUT2D eigenvalue weighted by Gasteiger charge is -2.23. The molecule has 88 valence electrons. The molecule has 15 heavy (non-hydrogen) atoms. The number of rotatable bonds is 5. The predicted molar refractivity (Wildman–Crippen MR) is 59.7 cm³/mol. The molecule has 2 unspecified atom stereocenters. The number of piperidine rings is 1. The average Bonchev–Trinajstić information content (AvgIpc) is 2.19. The van der Waals surface area contributed by atoms with Crippen molar-refractivity contribution in [3.63, 3.8) is 0 Å². The number of carbonyl (C=O) groups excluding carboxylic acids is 1. The Morgan fingerprint density at radius 1 is 1.60 bits per heavy atom. The van der Waals surface area contributed by atoms with Crippen molar-refractivity contribution in [2.45, 2.75) is 44.7 Å². The minimum atomic E-state index is 0.103. The second kappa shape index (κ2) is 6.80. The van der Waals surface area contributed by atoms with Crippen LogP contribution in [0.5, 0.6) is 0 Å². The summed E-state index contributed by atoms with van der Waals surface area (Å²) in [6.07, 6.45) is 4.18. The van der Waals surface area contributed by atoms with Crippen LogP contribution >= 0.6 is 0 Å². The highest BCUT2D eigenvalue weighted by molar-refractivity contribution is 5.76. The van der Waals surface area contributed by atoms with Crippen molar-refractivity contribution >= 4 is 5.91 Å². The van der Waals surface area contributed by atoms with Gasteiger partial charge < -0.3 is 15.4 Å². The van der Waals surface area contributed by atoms with Crippen molar-refractivity contribution in [1.29, 1.82) is 0 Å². The fraction of sp³-hybridized carbons (Fsp3) is 0.909. The van der Waals surface area contributed by atoms with E-state index in [-0.39, 0.29) is 11.9 Å². The zero-order chi connectivity index (χ0) is 11.1. The molecule has 4 nitrogen and oxygen atoms in total. The van der Waals surface area contributed by atoms with E-state index >= 15 is 0 Å². The fourth-order valence-electron chi connectivity index (χ4n) is 1.95. The molecule has 1 aliphatic rings. The lowest BCUT2D eigenvalue weighted by atomic mass is 10.0. The molecular formula is C11H22N2O2. The van der Waals surface area contributed by atoms with E-state index in [0.29, 0.717) is 19.1 Å². The van der Waals surface area contributed by atoms with Gasteiger partial charge in [-0.2, -0.15) is 0 Å². The highest BCUT2D eigenvalue weighted by atomic mass is 16.5. The number of nitrogens with one attached hydrogen (secondary N) is 2. The van der Waals surface area contributed by atoms with Gasteiger partial charge in [0.15, 0.2) is 0 Å². The molecule has 0 saturated carbocycles. The zero-order valence-corrected chi connectivity index (χ0v) is 9.71. The molecule has 0 aromatic heterocycles. The minimum absolute atomic E-state index is 0.103. The quantitative estimate of drug-likeness (QED) is 0.707. The molecule has 1 heterocycles. The van der Waals surface area contributed by atoms with Crippen LogP contribution in [0.3, 0.4) is 0 Å². The van der Waals surface area contributed by atoms with Crippen LogP contribution in [0.2, 0.25) is 0 Å². The molecule has 1 amide bonds. The summed E-state index contributed by atoms with van der Waals surface area (Å²) < 4.78 is 4.96. The van der Waals surface area contributed by atoms with Crippen LogP contribution in [0.4, 0.5) is 0 Å². The Kier molecular flexibility index (Phi) is 5.65. The van der Waals surface area contributed by atoms with E-state index in [9.17, 15) is 4.79 Å². The van der Waals surface area contributed by atoms with Gasteiger partial charge in [-0.15, -0.1) is 0 Å². The first-order valence-corrected chi connectivity index (χ1v) is 5.74. The largest absolute Gasteiger partial charge is 0.383 e. The summed E-state index contributed by atoms with van der Waals surface area (Å²) in [5.41, 5.74) is 0. The molecule has 0 aromatic carbocycles. The summed E-state index contributed by atoms with van der Waals surface area (Å²) in [6, 6.07) is 0.472. The molecule has 1 saturated heterocycles. The summed E-state index contributed by atoms with van der Waals surface area (Å²) >= 11 is 0. The maximum atomic E-state index is 11.6. The number of methoxy groups -OCH3 is 1. The summed E-state index contributed by atoms with van der Waals surface area (Å²) in [6.45, 7) is 3.57. The molecule has 0 aliphatic carbocycles. The van der Waals surface area contributed by atoms with E-state index < -0.39 is 0 Å². The van der Waals surface area contributed by atoms with E-state index in [1.165, 1.54) is 12.8 Å². The van der Waals surface area contributed by atoms with Gasteiger partial charge in [-0.1, -0.05) is 6.42 Å². The SMILES string of the molecule is COCC(C)NC(=O)CC1CCCCN1. The Hall–Kier alpha value is -0.610. The number of ether oxygens (including phenoxy) is 1. The van der Waals surface area contributed by atoms with Gasteiger partial charge in [0.25, 0.3) is 0 Å². The van der Waals surface area contributed by atoms with Crippen LogP contribution in [0, 0.1) is 0 Å². The van der Waals surface area contributed by atoms with E-state index in [0.717, 1.165) is 13.0 Å². The number of amides is 1. The van der Waals surface area contributed by atoms with Gasteiger partial charge in [0.1, 0.15) is 0 Å². The minimum Gasteiger partial charge on any atom is -0.383 e. The van der Waals surface area contributed by atoms with Gasteiger partial charge in [0.05, 0.1) is 6.61 Å². The first kappa shape index (κ1) is 12.5. The zero-order valence-electron chi connectivity index (χ0n) is 9.71. The highest BCUT2D eigenvalue weighted by Gasteiger charge is 2.17. The molecule has 1 aliphatic heterocycles. The topological polar surface area (TPSA) is 50.4 Å². The van der Waals surface area contributed by atoms with Gasteiger partial charge in [-0.25, -0.2) is 0 Å². The van der Waals surface area contributed by atoms with Crippen molar-refractivity contribution in [1.82, 2.24) is 10.6 Å². The molecule has 0 aromatic rings. The number of carbonyl (C=O) groups is 1. The normalized spacial score (nSPS) is 23.5. The maximum absolute atomic E-state index is 11.6. The van der Waals surface area contributed by atoms with Crippen LogP contribution in [0.25, 0.3) is 0 Å². The monoisotopic (exact) mass is 214 g/mol. The van der Waals surface area contributed by atoms with Gasteiger partial charge >= 0.3 is 0 Å². The van der Waals surface area contributed by atoms with Gasteiger partial charge in [0, 0.05) is 25.6 Å². The molecule has 0 radical (unpaired) electrons. The third kappa shape index (κ3) is 5.14. The van der Waals surface area contributed by atoms with Crippen LogP contribution in [0.1, 0.15) is 32.6 Å². The summed E-state index contributed by atoms with van der Waals surface area (Å²) in [4.78, 5) is 11.6. The molecule has 1 fully saturated rings. The van der Waals surface area contributed by atoms with Gasteiger partial charge in [0.2, 0.25) is 5.91 Å². The molecule has 1 rings (SSSR count). The Morgan fingerprint density at radius 3 is 3.00 bits per heavy atom. The second-order valence-corrected chi connectivity index (χ2v) is 4.27. The van der Waals surface area contributed by atoms with Crippen LogP contribution in [0.15, 0.2) is 0 Å². The molecule has 2 N–H and O–H groups in total. The van der Waals surface area contributed by atoms with Crippen molar-refractivity contribution in [3.8, 4) is 0 Å².